The van der Waals surface area contributed by atoms with Crippen molar-refractivity contribution < 1.29 is 19.4 Å². The lowest BCUT2D eigenvalue weighted by atomic mass is 9.82. The van der Waals surface area contributed by atoms with Gasteiger partial charge in [0.15, 0.2) is 0 Å². The summed E-state index contributed by atoms with van der Waals surface area (Å²) in [4.78, 5) is 24.8. The molecule has 2 rings (SSSR count). The number of nitrogens with one attached hydrogen (secondary N) is 1. The predicted molar refractivity (Wildman–Crippen MR) is 64.3 cm³/mol. The summed E-state index contributed by atoms with van der Waals surface area (Å²) in [5.74, 6) is -0.829. The van der Waals surface area contributed by atoms with Crippen LogP contribution in [-0.2, 0) is 9.53 Å². The van der Waals surface area contributed by atoms with Gasteiger partial charge in [-0.2, -0.15) is 0 Å². The summed E-state index contributed by atoms with van der Waals surface area (Å²) in [6, 6.07) is -0.104. The molecule has 0 spiro atoms. The molecule has 0 aromatic carbocycles. The van der Waals surface area contributed by atoms with Gasteiger partial charge in [0.25, 0.3) is 0 Å². The largest absolute Gasteiger partial charge is 0.481 e. The predicted octanol–water partition coefficient (Wildman–Crippen LogP) is 0.672. The molecule has 2 aliphatic heterocycles. The molecule has 2 N–H and O–H groups in total. The van der Waals surface area contributed by atoms with E-state index < -0.39 is 11.4 Å². The van der Waals surface area contributed by atoms with Crippen LogP contribution in [0.2, 0.25) is 0 Å². The first-order valence-corrected chi connectivity index (χ1v) is 6.38. The summed E-state index contributed by atoms with van der Waals surface area (Å²) >= 11 is 0. The number of rotatable bonds is 2. The zero-order valence-electron chi connectivity index (χ0n) is 10.6. The Hall–Kier alpha value is -1.30. The summed E-state index contributed by atoms with van der Waals surface area (Å²) in [5, 5.41) is 12.1. The standard InChI is InChI=1S/C12H20N2O4/c1-12(10(15)16)4-2-5-14(8-12)11(17)13-9-3-6-18-7-9/h9H,2-8H2,1H3,(H,13,17)(H,15,16). The van der Waals surface area contributed by atoms with Crippen molar-refractivity contribution in [2.75, 3.05) is 26.3 Å². The molecule has 2 fully saturated rings. The third-order valence-corrected chi connectivity index (χ3v) is 3.76. The van der Waals surface area contributed by atoms with E-state index >= 15 is 0 Å². The number of amides is 2. The van der Waals surface area contributed by atoms with Gasteiger partial charge in [-0.15, -0.1) is 0 Å². The number of likely N-dealkylation sites (tertiary alicyclic amines) is 1. The van der Waals surface area contributed by atoms with Gasteiger partial charge in [0, 0.05) is 19.7 Å². The summed E-state index contributed by atoms with van der Waals surface area (Å²) in [6.45, 7) is 3.84. The maximum absolute atomic E-state index is 12.0. The minimum absolute atomic E-state index is 0.0653. The van der Waals surface area contributed by atoms with E-state index in [1.807, 2.05) is 0 Å². The second kappa shape index (κ2) is 5.14. The van der Waals surface area contributed by atoms with Crippen LogP contribution in [0.25, 0.3) is 0 Å². The molecule has 102 valence electrons. The number of carboxylic acids is 1. The van der Waals surface area contributed by atoms with E-state index in [2.05, 4.69) is 5.32 Å². The topological polar surface area (TPSA) is 78.9 Å². The molecule has 6 nitrogen and oxygen atoms in total. The summed E-state index contributed by atoms with van der Waals surface area (Å²) in [7, 11) is 0. The molecule has 2 atom stereocenters. The van der Waals surface area contributed by atoms with Crippen molar-refractivity contribution in [2.45, 2.75) is 32.2 Å². The molecule has 0 radical (unpaired) electrons. The third kappa shape index (κ3) is 2.75. The third-order valence-electron chi connectivity index (χ3n) is 3.76. The number of hydrogen-bond acceptors (Lipinski definition) is 3. The van der Waals surface area contributed by atoms with Gasteiger partial charge in [0.2, 0.25) is 0 Å². The summed E-state index contributed by atoms with van der Waals surface area (Å²) < 4.78 is 5.20. The number of nitrogens with zero attached hydrogens (tertiary/aromatic N) is 1. The molecule has 0 bridgehead atoms. The molecule has 6 heteroatoms. The Balaban J connectivity index is 1.91. The van der Waals surface area contributed by atoms with Gasteiger partial charge in [-0.05, 0) is 26.2 Å². The van der Waals surface area contributed by atoms with E-state index in [1.165, 1.54) is 0 Å². The number of carbonyl (C=O) groups excluding carboxylic acids is 1. The van der Waals surface area contributed by atoms with Crippen LogP contribution in [0, 0.1) is 5.41 Å². The molecule has 0 aromatic heterocycles. The lowest BCUT2D eigenvalue weighted by Crippen LogP contribution is -2.53. The maximum Gasteiger partial charge on any atom is 0.317 e. The highest BCUT2D eigenvalue weighted by atomic mass is 16.5. The molecule has 2 saturated heterocycles. The fraction of sp³-hybridized carbons (Fsp3) is 0.833. The molecule has 2 unspecified atom stereocenters. The average Bonchev–Trinajstić information content (AvgIpc) is 2.81. The van der Waals surface area contributed by atoms with Crippen LogP contribution in [0.15, 0.2) is 0 Å². The van der Waals surface area contributed by atoms with Crippen LogP contribution in [0.3, 0.4) is 0 Å². The van der Waals surface area contributed by atoms with E-state index in [0.29, 0.717) is 26.2 Å². The van der Waals surface area contributed by atoms with Crippen molar-refractivity contribution in [3.63, 3.8) is 0 Å². The van der Waals surface area contributed by atoms with Gasteiger partial charge in [0.05, 0.1) is 18.1 Å². The maximum atomic E-state index is 12.0. The lowest BCUT2D eigenvalue weighted by Gasteiger charge is -2.37. The smallest absolute Gasteiger partial charge is 0.317 e. The van der Waals surface area contributed by atoms with Gasteiger partial charge >= 0.3 is 12.0 Å². The van der Waals surface area contributed by atoms with E-state index in [1.54, 1.807) is 11.8 Å². The number of aliphatic carboxylic acids is 1. The van der Waals surface area contributed by atoms with Crippen LogP contribution in [0.1, 0.15) is 26.2 Å². The summed E-state index contributed by atoms with van der Waals surface area (Å²) in [6.07, 6.45) is 2.19. The van der Waals surface area contributed by atoms with Crippen molar-refractivity contribution >= 4 is 12.0 Å². The Labute approximate surface area is 106 Å². The molecule has 0 saturated carbocycles. The Morgan fingerprint density at radius 2 is 2.28 bits per heavy atom. The highest BCUT2D eigenvalue weighted by Gasteiger charge is 2.39. The highest BCUT2D eigenvalue weighted by molar-refractivity contribution is 5.78. The van der Waals surface area contributed by atoms with E-state index in [0.717, 1.165) is 12.8 Å². The van der Waals surface area contributed by atoms with Gasteiger partial charge in [-0.1, -0.05) is 0 Å². The van der Waals surface area contributed by atoms with Crippen LogP contribution >= 0.6 is 0 Å². The van der Waals surface area contributed by atoms with Gasteiger partial charge in [0.1, 0.15) is 0 Å². The Kier molecular flexibility index (Phi) is 3.75. The number of piperidine rings is 1. The van der Waals surface area contributed by atoms with Crippen molar-refractivity contribution in [3.8, 4) is 0 Å². The monoisotopic (exact) mass is 256 g/mol. The molecule has 18 heavy (non-hydrogen) atoms. The first-order valence-electron chi connectivity index (χ1n) is 6.38. The quantitative estimate of drug-likeness (QED) is 0.761. The van der Waals surface area contributed by atoms with Crippen LogP contribution in [0.4, 0.5) is 4.79 Å². The number of ether oxygens (including phenoxy) is 1. The second-order valence-corrected chi connectivity index (χ2v) is 5.40. The van der Waals surface area contributed by atoms with Crippen LogP contribution in [0.5, 0.6) is 0 Å². The molecule has 0 aromatic rings. The number of carboxylic acid groups (broad SMARTS) is 1. The molecule has 2 heterocycles. The van der Waals surface area contributed by atoms with E-state index in [4.69, 9.17) is 4.74 Å². The normalized spacial score (nSPS) is 32.3. The van der Waals surface area contributed by atoms with E-state index in [-0.39, 0.29) is 18.6 Å². The van der Waals surface area contributed by atoms with Gasteiger partial charge in [-0.25, -0.2) is 4.79 Å². The van der Waals surface area contributed by atoms with Crippen molar-refractivity contribution in [2.24, 2.45) is 5.41 Å². The highest BCUT2D eigenvalue weighted by Crippen LogP contribution is 2.29. The first kappa shape index (κ1) is 13.1. The molecular weight excluding hydrogens is 236 g/mol. The number of carbonyl (C=O) groups is 2. The number of hydrogen-bond donors (Lipinski definition) is 2. The average molecular weight is 256 g/mol. The lowest BCUT2D eigenvalue weighted by molar-refractivity contribution is -0.150. The van der Waals surface area contributed by atoms with Crippen molar-refractivity contribution in [3.05, 3.63) is 0 Å². The number of urea groups is 1. The van der Waals surface area contributed by atoms with Gasteiger partial charge < -0.3 is 20.1 Å². The Morgan fingerprint density at radius 3 is 2.89 bits per heavy atom. The van der Waals surface area contributed by atoms with Gasteiger partial charge in [-0.3, -0.25) is 4.79 Å². The molecular formula is C12H20N2O4. The second-order valence-electron chi connectivity index (χ2n) is 5.40. The van der Waals surface area contributed by atoms with Crippen molar-refractivity contribution in [1.82, 2.24) is 10.2 Å². The fourth-order valence-corrected chi connectivity index (χ4v) is 2.50. The van der Waals surface area contributed by atoms with Crippen LogP contribution < -0.4 is 5.32 Å². The zero-order valence-corrected chi connectivity index (χ0v) is 10.6. The van der Waals surface area contributed by atoms with Crippen LogP contribution in [-0.4, -0.2) is 54.4 Å². The molecule has 2 amide bonds. The minimum Gasteiger partial charge on any atom is -0.481 e. The molecule has 0 aliphatic carbocycles. The van der Waals surface area contributed by atoms with Crippen molar-refractivity contribution in [1.29, 1.82) is 0 Å². The minimum atomic E-state index is -0.829. The summed E-state index contributed by atoms with van der Waals surface area (Å²) in [5.41, 5.74) is -0.818. The zero-order chi connectivity index (χ0) is 13.2. The SMILES string of the molecule is CC1(C(=O)O)CCCN(C(=O)NC2CCOC2)C1. The fourth-order valence-electron chi connectivity index (χ4n) is 2.50. The Morgan fingerprint density at radius 1 is 1.50 bits per heavy atom. The Bertz CT molecular complexity index is 341. The first-order chi connectivity index (χ1) is 8.51. The van der Waals surface area contributed by atoms with E-state index in [9.17, 15) is 14.7 Å². The molecule has 2 aliphatic rings.